The molecule has 0 fully saturated rings. The van der Waals surface area contributed by atoms with Crippen molar-refractivity contribution in [2.75, 3.05) is 5.32 Å². The van der Waals surface area contributed by atoms with E-state index in [2.05, 4.69) is 20.4 Å². The third kappa shape index (κ3) is 3.26. The molecule has 9 heteroatoms. The Hall–Kier alpha value is -3.46. The zero-order valence-electron chi connectivity index (χ0n) is 15.6. The average molecular weight is 423 g/mol. The molecule has 0 atom stereocenters. The molecule has 1 amide bonds. The summed E-state index contributed by atoms with van der Waals surface area (Å²) >= 11 is 1.23. The molecular weight excluding hydrogens is 408 g/mol. The maximum Gasteiger partial charge on any atom is 0.261 e. The minimum atomic E-state index is -0.432. The van der Waals surface area contributed by atoms with E-state index in [4.69, 9.17) is 0 Å². The third-order valence-corrected chi connectivity index (χ3v) is 5.67. The number of aryl methyl sites for hydroxylation is 1. The number of aromatic nitrogens is 4. The number of hydrogen-bond acceptors (Lipinski definition) is 5. The Morgan fingerprint density at radius 3 is 2.80 bits per heavy atom. The second kappa shape index (κ2) is 7.42. The molecule has 4 heterocycles. The fraction of sp³-hybridized carbons (Fsp3) is 0.143. The number of nitrogens with one attached hydrogen (secondary N) is 1. The van der Waals surface area contributed by atoms with Crippen molar-refractivity contribution in [3.05, 3.63) is 70.9 Å². The molecule has 0 saturated heterocycles. The molecule has 0 spiro atoms. The number of benzene rings is 1. The molecule has 6 nitrogen and oxygen atoms in total. The van der Waals surface area contributed by atoms with E-state index in [0.29, 0.717) is 46.3 Å². The number of carbonyl (C=O) groups excluding carboxylic acids is 1. The molecule has 30 heavy (non-hydrogen) atoms. The van der Waals surface area contributed by atoms with E-state index in [1.165, 1.54) is 29.5 Å². The van der Waals surface area contributed by atoms with Gasteiger partial charge in [-0.05, 0) is 37.1 Å². The first kappa shape index (κ1) is 18.6. The molecule has 0 bridgehead atoms. The van der Waals surface area contributed by atoms with Gasteiger partial charge < -0.3 is 0 Å². The molecule has 4 aromatic rings. The summed E-state index contributed by atoms with van der Waals surface area (Å²) < 4.78 is 29.3. The molecule has 3 aromatic heterocycles. The number of pyridine rings is 1. The number of thiazole rings is 1. The fourth-order valence-corrected chi connectivity index (χ4v) is 4.25. The van der Waals surface area contributed by atoms with Crippen LogP contribution in [0.25, 0.3) is 22.6 Å². The van der Waals surface area contributed by atoms with Crippen LogP contribution in [0.2, 0.25) is 0 Å². The molecule has 1 aliphatic heterocycles. The molecule has 0 saturated carbocycles. The van der Waals surface area contributed by atoms with Gasteiger partial charge in [0.05, 0.1) is 23.1 Å². The lowest BCUT2D eigenvalue weighted by molar-refractivity contribution is 0.102. The van der Waals surface area contributed by atoms with Crippen LogP contribution in [-0.2, 0) is 13.0 Å². The summed E-state index contributed by atoms with van der Waals surface area (Å²) in [7, 11) is 0. The van der Waals surface area contributed by atoms with Crippen LogP contribution in [-0.4, -0.2) is 25.7 Å². The van der Waals surface area contributed by atoms with E-state index >= 15 is 0 Å². The van der Waals surface area contributed by atoms with Gasteiger partial charge >= 0.3 is 0 Å². The Labute approximate surface area is 174 Å². The van der Waals surface area contributed by atoms with Crippen molar-refractivity contribution in [2.45, 2.75) is 19.4 Å². The number of rotatable bonds is 4. The minimum Gasteiger partial charge on any atom is -0.298 e. The predicted octanol–water partition coefficient (Wildman–Crippen LogP) is 4.55. The van der Waals surface area contributed by atoms with Crippen molar-refractivity contribution in [1.29, 1.82) is 0 Å². The first-order valence-electron chi connectivity index (χ1n) is 9.33. The lowest BCUT2D eigenvalue weighted by Crippen LogP contribution is -2.14. The number of carbonyl (C=O) groups is 1. The highest BCUT2D eigenvalue weighted by Crippen LogP contribution is 2.32. The number of hydrogen-bond donors (Lipinski definition) is 1. The maximum absolute atomic E-state index is 14.4. The Balaban J connectivity index is 1.47. The second-order valence-electron chi connectivity index (χ2n) is 6.83. The van der Waals surface area contributed by atoms with Gasteiger partial charge in [-0.15, -0.1) is 11.3 Å². The first-order chi connectivity index (χ1) is 14.6. The Morgan fingerprint density at radius 2 is 2.00 bits per heavy atom. The van der Waals surface area contributed by atoms with E-state index in [0.717, 1.165) is 18.3 Å². The minimum absolute atomic E-state index is 0.292. The fourth-order valence-electron chi connectivity index (χ4n) is 3.55. The van der Waals surface area contributed by atoms with E-state index in [-0.39, 0.29) is 5.91 Å². The second-order valence-corrected chi connectivity index (χ2v) is 7.69. The van der Waals surface area contributed by atoms with Crippen molar-refractivity contribution >= 4 is 22.4 Å². The van der Waals surface area contributed by atoms with Crippen molar-refractivity contribution in [1.82, 2.24) is 19.7 Å². The van der Waals surface area contributed by atoms with Crippen LogP contribution in [0.4, 0.5) is 13.9 Å². The Morgan fingerprint density at radius 1 is 1.13 bits per heavy atom. The molecule has 0 radical (unpaired) electrons. The standard InChI is InChI=1S/C21H15F2N5OS/c22-12-7-8-15(24-10-12)16-11-30-21(25-16)26-20(29)18-17-6-3-9-28(17)27-19(18)13-4-1-2-5-14(13)23/h1-2,4-5,7-8,10-11H,3,6,9H2,(H,25,26,29). The van der Waals surface area contributed by atoms with Crippen molar-refractivity contribution in [3.63, 3.8) is 0 Å². The van der Waals surface area contributed by atoms with Crippen LogP contribution < -0.4 is 5.32 Å². The summed E-state index contributed by atoms with van der Waals surface area (Å²) in [5.41, 5.74) is 2.82. The normalized spacial score (nSPS) is 12.7. The average Bonchev–Trinajstić information content (AvgIpc) is 3.45. The van der Waals surface area contributed by atoms with Crippen LogP contribution in [0.1, 0.15) is 22.5 Å². The zero-order chi connectivity index (χ0) is 20.7. The third-order valence-electron chi connectivity index (χ3n) is 4.91. The SMILES string of the molecule is O=C(Nc1nc(-c2ccc(F)cn2)cs1)c1c(-c2ccccc2F)nn2c1CCC2. The van der Waals surface area contributed by atoms with Crippen LogP contribution in [0.3, 0.4) is 0 Å². The predicted molar refractivity (Wildman–Crippen MR) is 109 cm³/mol. The number of anilines is 1. The Kier molecular flexibility index (Phi) is 4.59. The van der Waals surface area contributed by atoms with Gasteiger partial charge in [-0.25, -0.2) is 13.8 Å². The van der Waals surface area contributed by atoms with Gasteiger partial charge in [-0.1, -0.05) is 12.1 Å². The largest absolute Gasteiger partial charge is 0.298 e. The van der Waals surface area contributed by atoms with Crippen molar-refractivity contribution in [3.8, 4) is 22.6 Å². The quantitative estimate of drug-likeness (QED) is 0.523. The van der Waals surface area contributed by atoms with E-state index < -0.39 is 11.6 Å². The molecule has 150 valence electrons. The van der Waals surface area contributed by atoms with Crippen molar-refractivity contribution in [2.24, 2.45) is 0 Å². The highest BCUT2D eigenvalue weighted by atomic mass is 32.1. The number of amides is 1. The van der Waals surface area contributed by atoms with Crippen LogP contribution in [0.15, 0.2) is 48.0 Å². The van der Waals surface area contributed by atoms with Gasteiger partial charge in [-0.3, -0.25) is 19.8 Å². The van der Waals surface area contributed by atoms with Crippen LogP contribution in [0.5, 0.6) is 0 Å². The molecule has 1 aliphatic rings. The molecule has 0 aliphatic carbocycles. The topological polar surface area (TPSA) is 72.7 Å². The van der Waals surface area contributed by atoms with Crippen LogP contribution in [0, 0.1) is 11.6 Å². The summed E-state index contributed by atoms with van der Waals surface area (Å²) in [4.78, 5) is 21.5. The first-order valence-corrected chi connectivity index (χ1v) is 10.2. The molecule has 1 N–H and O–H groups in total. The van der Waals surface area contributed by atoms with Gasteiger partial charge in [0.25, 0.3) is 5.91 Å². The van der Waals surface area contributed by atoms with Crippen LogP contribution >= 0.6 is 11.3 Å². The van der Waals surface area contributed by atoms with Gasteiger partial charge in [-0.2, -0.15) is 5.10 Å². The zero-order valence-corrected chi connectivity index (χ0v) is 16.4. The molecule has 1 aromatic carbocycles. The smallest absolute Gasteiger partial charge is 0.261 e. The van der Waals surface area contributed by atoms with Gasteiger partial charge in [0.1, 0.15) is 23.0 Å². The molecule has 0 unspecified atom stereocenters. The summed E-state index contributed by atoms with van der Waals surface area (Å²) in [5.74, 6) is -1.25. The van der Waals surface area contributed by atoms with E-state index in [1.54, 1.807) is 28.3 Å². The monoisotopic (exact) mass is 423 g/mol. The summed E-state index contributed by atoms with van der Waals surface area (Å²) in [6, 6.07) is 9.11. The lowest BCUT2D eigenvalue weighted by Gasteiger charge is -2.06. The number of nitrogens with zero attached hydrogens (tertiary/aromatic N) is 4. The summed E-state index contributed by atoms with van der Waals surface area (Å²) in [6.45, 7) is 0.696. The van der Waals surface area contributed by atoms with Gasteiger partial charge in [0.2, 0.25) is 0 Å². The Bertz CT molecular complexity index is 1250. The number of halogens is 2. The maximum atomic E-state index is 14.4. The summed E-state index contributed by atoms with van der Waals surface area (Å²) in [6.07, 6.45) is 2.70. The number of fused-ring (bicyclic) bond motifs is 1. The van der Waals surface area contributed by atoms with E-state index in [9.17, 15) is 13.6 Å². The van der Waals surface area contributed by atoms with Gasteiger partial charge in [0, 0.05) is 17.5 Å². The lowest BCUT2D eigenvalue weighted by atomic mass is 10.0. The van der Waals surface area contributed by atoms with Crippen molar-refractivity contribution < 1.29 is 13.6 Å². The van der Waals surface area contributed by atoms with E-state index in [1.807, 2.05) is 0 Å². The summed E-state index contributed by atoms with van der Waals surface area (Å²) in [5, 5.41) is 9.40. The van der Waals surface area contributed by atoms with Gasteiger partial charge in [0.15, 0.2) is 5.13 Å². The molecular formula is C21H15F2N5OS. The molecule has 5 rings (SSSR count). The highest BCUT2D eigenvalue weighted by molar-refractivity contribution is 7.14. The highest BCUT2D eigenvalue weighted by Gasteiger charge is 2.29.